The predicted octanol–water partition coefficient (Wildman–Crippen LogP) is 5.24. The van der Waals surface area contributed by atoms with Crippen molar-refractivity contribution in [3.8, 4) is 11.4 Å². The summed E-state index contributed by atoms with van der Waals surface area (Å²) in [5.74, 6) is 0.361. The van der Waals surface area contributed by atoms with Crippen LogP contribution in [0.25, 0.3) is 22.4 Å². The van der Waals surface area contributed by atoms with Crippen molar-refractivity contribution in [3.05, 3.63) is 74.4 Å². The van der Waals surface area contributed by atoms with Crippen molar-refractivity contribution >= 4 is 22.5 Å². The molecule has 1 fully saturated rings. The third-order valence-electron chi connectivity index (χ3n) is 6.88. The third kappa shape index (κ3) is 4.60. The molecular weight excluding hydrogens is 444 g/mol. The first kappa shape index (κ1) is 23.0. The number of nitrogens with zero attached hydrogens (tertiary/aromatic N) is 2. The minimum absolute atomic E-state index is 0.0381. The quantitative estimate of drug-likeness (QED) is 0.407. The van der Waals surface area contributed by atoms with Gasteiger partial charge in [0, 0.05) is 36.0 Å². The van der Waals surface area contributed by atoms with E-state index in [-0.39, 0.29) is 11.5 Å². The lowest BCUT2D eigenvalue weighted by molar-refractivity contribution is 0.274. The lowest BCUT2D eigenvalue weighted by Gasteiger charge is -2.37. The Bertz CT molecular complexity index is 1490. The highest BCUT2D eigenvalue weighted by molar-refractivity contribution is 5.83. The zero-order valence-electron chi connectivity index (χ0n) is 20.5. The number of piperidine rings is 1. The van der Waals surface area contributed by atoms with E-state index in [1.165, 1.54) is 0 Å². The van der Waals surface area contributed by atoms with Gasteiger partial charge in [-0.3, -0.25) is 14.3 Å². The minimum atomic E-state index is -0.608. The Morgan fingerprint density at radius 1 is 1.11 bits per heavy atom. The Hall–Kier alpha value is -3.81. The number of anilines is 2. The van der Waals surface area contributed by atoms with Crippen molar-refractivity contribution in [1.29, 1.82) is 0 Å². The topological polar surface area (TPSA) is 104 Å². The lowest BCUT2D eigenvalue weighted by atomic mass is 9.83. The largest absolute Gasteiger partial charge is 0.440 e. The van der Waals surface area contributed by atoms with E-state index in [0.29, 0.717) is 33.7 Å². The highest BCUT2D eigenvalue weighted by Crippen LogP contribution is 2.35. The fourth-order valence-electron chi connectivity index (χ4n) is 4.70. The van der Waals surface area contributed by atoms with Crippen LogP contribution in [0.1, 0.15) is 50.8 Å². The zero-order chi connectivity index (χ0) is 24.7. The summed E-state index contributed by atoms with van der Waals surface area (Å²) < 4.78 is 11.1. The van der Waals surface area contributed by atoms with Crippen LogP contribution in [0.2, 0.25) is 0 Å². The molecule has 8 heteroatoms. The summed E-state index contributed by atoms with van der Waals surface area (Å²) in [5, 5.41) is 7.90. The summed E-state index contributed by atoms with van der Waals surface area (Å²) in [4.78, 5) is 29.4. The van der Waals surface area contributed by atoms with Gasteiger partial charge in [0.25, 0.3) is 0 Å². The van der Waals surface area contributed by atoms with Crippen molar-refractivity contribution in [2.75, 3.05) is 23.3 Å². The zero-order valence-corrected chi connectivity index (χ0v) is 20.5. The van der Waals surface area contributed by atoms with Crippen LogP contribution in [0.4, 0.5) is 11.6 Å². The van der Waals surface area contributed by atoms with Crippen LogP contribution in [-0.4, -0.2) is 23.2 Å². The smallest absolute Gasteiger partial charge is 0.439 e. The Kier molecular flexibility index (Phi) is 5.75. The molecule has 0 bridgehead atoms. The average Bonchev–Trinajstić information content (AvgIpc) is 3.25. The van der Waals surface area contributed by atoms with Gasteiger partial charge in [0.2, 0.25) is 0 Å². The molecular formula is C27H30N4O4. The van der Waals surface area contributed by atoms with Crippen LogP contribution < -0.4 is 21.4 Å². The molecule has 2 aromatic carbocycles. The number of benzene rings is 2. The molecule has 1 atom stereocenters. The molecule has 0 spiro atoms. The first-order valence-corrected chi connectivity index (χ1v) is 12.0. The highest BCUT2D eigenvalue weighted by Gasteiger charge is 2.27. The Morgan fingerprint density at radius 2 is 1.86 bits per heavy atom. The number of aryl methyl sites for hydroxylation is 1. The monoisotopic (exact) mass is 474 g/mol. The van der Waals surface area contributed by atoms with Gasteiger partial charge in [-0.2, -0.15) is 0 Å². The first-order chi connectivity index (χ1) is 16.7. The summed E-state index contributed by atoms with van der Waals surface area (Å²) in [6.07, 6.45) is 2.10. The van der Waals surface area contributed by atoms with Crippen LogP contribution in [0, 0.1) is 12.3 Å². The van der Waals surface area contributed by atoms with Crippen molar-refractivity contribution in [3.63, 3.8) is 0 Å². The Balaban J connectivity index is 1.53. The Labute approximate surface area is 202 Å². The number of aromatic amines is 1. The maximum absolute atomic E-state index is 13.1. The fraction of sp³-hybridized carbons (Fsp3) is 0.370. The van der Waals surface area contributed by atoms with Gasteiger partial charge in [0.05, 0.1) is 11.4 Å². The van der Waals surface area contributed by atoms with Gasteiger partial charge in [0.1, 0.15) is 5.58 Å². The van der Waals surface area contributed by atoms with E-state index in [1.807, 2.05) is 50.2 Å². The SMILES string of the molecule is Cc1cc(C(C)Nc2ccccc2-c2noc(=O)[nH]2)c2oc(N3CCC(C)(C)CC3)cc(=O)c2c1. The van der Waals surface area contributed by atoms with E-state index in [0.717, 1.165) is 42.7 Å². The maximum atomic E-state index is 13.1. The van der Waals surface area contributed by atoms with Gasteiger partial charge >= 0.3 is 5.76 Å². The van der Waals surface area contributed by atoms with Gasteiger partial charge in [-0.15, -0.1) is 0 Å². The lowest BCUT2D eigenvalue weighted by Crippen LogP contribution is -2.37. The van der Waals surface area contributed by atoms with Gasteiger partial charge in [-0.25, -0.2) is 4.79 Å². The van der Waals surface area contributed by atoms with E-state index >= 15 is 0 Å². The summed E-state index contributed by atoms with van der Waals surface area (Å²) in [6, 6.07) is 12.9. The number of nitrogens with one attached hydrogen (secondary N) is 2. The molecule has 0 saturated carbocycles. The van der Waals surface area contributed by atoms with Crippen LogP contribution >= 0.6 is 0 Å². The molecule has 8 nitrogen and oxygen atoms in total. The van der Waals surface area contributed by atoms with Crippen molar-refractivity contribution in [2.24, 2.45) is 5.41 Å². The molecule has 35 heavy (non-hydrogen) atoms. The molecule has 0 radical (unpaired) electrons. The molecule has 4 aromatic rings. The van der Waals surface area contributed by atoms with Gasteiger partial charge in [0.15, 0.2) is 17.1 Å². The highest BCUT2D eigenvalue weighted by atomic mass is 16.5. The maximum Gasteiger partial charge on any atom is 0.439 e. The number of para-hydroxylation sites is 1. The molecule has 2 aromatic heterocycles. The second kappa shape index (κ2) is 8.76. The number of hydrogen-bond acceptors (Lipinski definition) is 7. The molecule has 1 unspecified atom stereocenters. The van der Waals surface area contributed by atoms with E-state index in [9.17, 15) is 9.59 Å². The van der Waals surface area contributed by atoms with Crippen LogP contribution in [-0.2, 0) is 0 Å². The summed E-state index contributed by atoms with van der Waals surface area (Å²) in [6.45, 7) is 10.3. The molecule has 0 aliphatic carbocycles. The molecule has 2 N–H and O–H groups in total. The van der Waals surface area contributed by atoms with Crippen LogP contribution in [0.3, 0.4) is 0 Å². The molecule has 1 aliphatic rings. The molecule has 182 valence electrons. The second-order valence-corrected chi connectivity index (χ2v) is 10.2. The molecule has 5 rings (SSSR count). The second-order valence-electron chi connectivity index (χ2n) is 10.2. The van der Waals surface area contributed by atoms with Gasteiger partial charge in [-0.05, 0) is 55.9 Å². The standard InChI is InChI=1S/C27H30N4O4/c1-16-13-19(17(2)28-21-8-6-5-7-18(21)25-29-26(33)35-30-25)24-20(14-16)22(32)15-23(34-24)31-11-9-27(3,4)10-12-31/h5-8,13-15,17,28H,9-12H2,1-4H3,(H,29,30,33). The Morgan fingerprint density at radius 3 is 2.57 bits per heavy atom. The molecule has 3 heterocycles. The number of H-pyrrole nitrogens is 1. The summed E-state index contributed by atoms with van der Waals surface area (Å²) in [7, 11) is 0. The minimum Gasteiger partial charge on any atom is -0.440 e. The summed E-state index contributed by atoms with van der Waals surface area (Å²) in [5.41, 5.74) is 4.21. The number of fused-ring (bicyclic) bond motifs is 1. The number of rotatable bonds is 5. The van der Waals surface area contributed by atoms with Crippen molar-refractivity contribution in [2.45, 2.75) is 46.6 Å². The van der Waals surface area contributed by atoms with Crippen LogP contribution in [0.5, 0.6) is 0 Å². The average molecular weight is 475 g/mol. The number of hydrogen-bond donors (Lipinski definition) is 2. The number of aromatic nitrogens is 2. The third-order valence-corrected chi connectivity index (χ3v) is 6.88. The van der Waals surface area contributed by atoms with E-state index in [1.54, 1.807) is 6.07 Å². The molecule has 1 aliphatic heterocycles. The van der Waals surface area contributed by atoms with Crippen molar-refractivity contribution < 1.29 is 8.94 Å². The normalized spacial score (nSPS) is 16.4. The first-order valence-electron chi connectivity index (χ1n) is 12.0. The van der Waals surface area contributed by atoms with E-state index in [2.05, 4.69) is 34.2 Å². The molecule has 0 amide bonds. The fourth-order valence-corrected chi connectivity index (χ4v) is 4.70. The van der Waals surface area contributed by atoms with Crippen molar-refractivity contribution in [1.82, 2.24) is 10.1 Å². The van der Waals surface area contributed by atoms with Gasteiger partial charge in [-0.1, -0.05) is 37.2 Å². The summed E-state index contributed by atoms with van der Waals surface area (Å²) >= 11 is 0. The van der Waals surface area contributed by atoms with Gasteiger partial charge < -0.3 is 14.6 Å². The van der Waals surface area contributed by atoms with E-state index < -0.39 is 5.76 Å². The molecule has 1 saturated heterocycles. The predicted molar refractivity (Wildman–Crippen MR) is 137 cm³/mol. The van der Waals surface area contributed by atoms with E-state index in [4.69, 9.17) is 8.94 Å². The van der Waals surface area contributed by atoms with Crippen LogP contribution in [0.15, 0.2) is 61.0 Å².